The lowest BCUT2D eigenvalue weighted by molar-refractivity contribution is -0.147. The quantitative estimate of drug-likeness (QED) is 0.278. The fraction of sp³-hybridized carbons (Fsp3) is 0.762. The molecule has 1 aliphatic heterocycles. The van der Waals surface area contributed by atoms with E-state index in [1.165, 1.54) is 12.0 Å². The highest BCUT2D eigenvalue weighted by Crippen LogP contribution is 2.30. The number of carbonyl (C=O) groups is 3. The lowest BCUT2D eigenvalue weighted by Gasteiger charge is -2.28. The molecular weight excluding hydrogens is 390 g/mol. The van der Waals surface area contributed by atoms with Gasteiger partial charge in [-0.1, -0.05) is 6.08 Å². The van der Waals surface area contributed by atoms with E-state index in [2.05, 4.69) is 17.2 Å². The summed E-state index contributed by atoms with van der Waals surface area (Å²) >= 11 is 0. The van der Waals surface area contributed by atoms with Crippen LogP contribution in [-0.4, -0.2) is 73.1 Å². The van der Waals surface area contributed by atoms with Crippen molar-refractivity contribution in [1.82, 2.24) is 15.5 Å². The molecule has 172 valence electrons. The molecule has 0 unspecified atom stereocenters. The molecule has 9 nitrogen and oxygen atoms in total. The Bertz CT molecular complexity index is 623. The number of alkyl carbamates (subject to hydrolysis) is 1. The summed E-state index contributed by atoms with van der Waals surface area (Å²) in [5.74, 6) is -0.729. The van der Waals surface area contributed by atoms with E-state index in [1.54, 1.807) is 47.6 Å². The second-order valence-corrected chi connectivity index (χ2v) is 9.28. The van der Waals surface area contributed by atoms with Gasteiger partial charge in [0.05, 0.1) is 7.11 Å². The van der Waals surface area contributed by atoms with Crippen LogP contribution in [0.5, 0.6) is 0 Å². The molecule has 0 aromatic carbocycles. The maximum Gasteiger partial charge on any atom is 0.411 e. The van der Waals surface area contributed by atoms with Gasteiger partial charge < -0.3 is 24.8 Å². The molecule has 0 bridgehead atoms. The van der Waals surface area contributed by atoms with E-state index in [0.29, 0.717) is 19.5 Å². The predicted octanol–water partition coefficient (Wildman–Crippen LogP) is 2.45. The van der Waals surface area contributed by atoms with Gasteiger partial charge in [0.2, 0.25) is 0 Å². The van der Waals surface area contributed by atoms with E-state index in [1.807, 2.05) is 0 Å². The smallest absolute Gasteiger partial charge is 0.411 e. The summed E-state index contributed by atoms with van der Waals surface area (Å²) in [4.78, 5) is 38.4. The number of ether oxygens (including phenoxy) is 3. The van der Waals surface area contributed by atoms with E-state index in [4.69, 9.17) is 14.2 Å². The van der Waals surface area contributed by atoms with Gasteiger partial charge in [-0.2, -0.15) is 0 Å². The lowest BCUT2D eigenvalue weighted by atomic mass is 9.92. The Kier molecular flexibility index (Phi) is 9.14. The molecule has 1 heterocycles. The van der Waals surface area contributed by atoms with Gasteiger partial charge in [-0.05, 0) is 48.0 Å². The first-order valence-electron chi connectivity index (χ1n) is 10.2. The van der Waals surface area contributed by atoms with Gasteiger partial charge >= 0.3 is 18.2 Å². The summed E-state index contributed by atoms with van der Waals surface area (Å²) in [5.41, 5.74) is -1.26. The van der Waals surface area contributed by atoms with Gasteiger partial charge in [0, 0.05) is 31.6 Å². The van der Waals surface area contributed by atoms with Gasteiger partial charge in [-0.25, -0.2) is 14.4 Å². The van der Waals surface area contributed by atoms with Gasteiger partial charge in [0.15, 0.2) is 0 Å². The maximum absolute atomic E-state index is 12.7. The summed E-state index contributed by atoms with van der Waals surface area (Å²) in [7, 11) is 1.30. The fourth-order valence-electron chi connectivity index (χ4n) is 3.28. The van der Waals surface area contributed by atoms with E-state index in [9.17, 15) is 14.4 Å². The summed E-state index contributed by atoms with van der Waals surface area (Å²) in [6.07, 6.45) is 1.16. The van der Waals surface area contributed by atoms with Crippen LogP contribution in [0.3, 0.4) is 0 Å². The number of esters is 1. The standard InChI is InChI=1S/C21H37N3O6/c1-9-10-14-15(22-11-12-23-18(26)29-20(2,3)4)13-24(16(14)17(25)28-8)19(27)30-21(5,6)7/h9,14-16,22H,1,10-13H2,2-8H3,(H,23,26)/t14-,15+,16+/m1/s1. The fourth-order valence-corrected chi connectivity index (χ4v) is 3.28. The molecule has 2 N–H and O–H groups in total. The number of hydrogen-bond donors (Lipinski definition) is 2. The number of carbonyl (C=O) groups excluding carboxylic acids is 3. The summed E-state index contributed by atoms with van der Waals surface area (Å²) in [5, 5.41) is 6.00. The minimum Gasteiger partial charge on any atom is -0.467 e. The average molecular weight is 428 g/mol. The van der Waals surface area contributed by atoms with Crippen LogP contribution >= 0.6 is 0 Å². The highest BCUT2D eigenvalue weighted by molar-refractivity contribution is 5.83. The number of nitrogens with zero attached hydrogens (tertiary/aromatic N) is 1. The lowest BCUT2D eigenvalue weighted by Crippen LogP contribution is -2.46. The minimum atomic E-state index is -0.779. The Morgan fingerprint density at radius 2 is 1.67 bits per heavy atom. The SMILES string of the molecule is C=CC[C@@H]1[C@@H](NCCNC(=O)OC(C)(C)C)CN(C(=O)OC(C)(C)C)[C@@H]1C(=O)OC. The molecule has 1 fully saturated rings. The molecule has 1 rings (SSSR count). The zero-order chi connectivity index (χ0) is 23.1. The number of rotatable bonds is 7. The van der Waals surface area contributed by atoms with Crippen molar-refractivity contribution >= 4 is 18.2 Å². The highest BCUT2D eigenvalue weighted by atomic mass is 16.6. The largest absolute Gasteiger partial charge is 0.467 e. The molecule has 0 aromatic heterocycles. The van der Waals surface area contributed by atoms with Crippen LogP contribution in [0.4, 0.5) is 9.59 Å². The number of nitrogens with one attached hydrogen (secondary N) is 2. The molecule has 0 saturated carbocycles. The van der Waals surface area contributed by atoms with Crippen LogP contribution in [0.15, 0.2) is 12.7 Å². The zero-order valence-electron chi connectivity index (χ0n) is 19.2. The topological polar surface area (TPSA) is 106 Å². The number of amides is 2. The van der Waals surface area contributed by atoms with Crippen LogP contribution in [0, 0.1) is 5.92 Å². The molecule has 3 atom stereocenters. The van der Waals surface area contributed by atoms with E-state index >= 15 is 0 Å². The second kappa shape index (κ2) is 10.7. The molecule has 30 heavy (non-hydrogen) atoms. The van der Waals surface area contributed by atoms with Crippen molar-refractivity contribution in [3.63, 3.8) is 0 Å². The Balaban J connectivity index is 2.81. The molecular formula is C21H37N3O6. The summed E-state index contributed by atoms with van der Waals surface area (Å²) < 4.78 is 15.6. The maximum atomic E-state index is 12.7. The Labute approximate surface area is 179 Å². The summed E-state index contributed by atoms with van der Waals surface area (Å²) in [6.45, 7) is 15.5. The van der Waals surface area contributed by atoms with Crippen molar-refractivity contribution in [3.8, 4) is 0 Å². The number of methoxy groups -OCH3 is 1. The van der Waals surface area contributed by atoms with E-state index in [0.717, 1.165) is 0 Å². The molecule has 1 saturated heterocycles. The van der Waals surface area contributed by atoms with Crippen LogP contribution < -0.4 is 10.6 Å². The summed E-state index contributed by atoms with van der Waals surface area (Å²) in [6, 6.07) is -0.973. The van der Waals surface area contributed by atoms with Crippen LogP contribution in [0.1, 0.15) is 48.0 Å². The monoisotopic (exact) mass is 427 g/mol. The van der Waals surface area contributed by atoms with Crippen molar-refractivity contribution < 1.29 is 28.6 Å². The van der Waals surface area contributed by atoms with Crippen molar-refractivity contribution in [1.29, 1.82) is 0 Å². The average Bonchev–Trinajstić information content (AvgIpc) is 2.94. The van der Waals surface area contributed by atoms with Gasteiger partial charge in [0.25, 0.3) is 0 Å². The molecule has 0 radical (unpaired) electrons. The van der Waals surface area contributed by atoms with Crippen molar-refractivity contribution in [3.05, 3.63) is 12.7 Å². The Hall–Kier alpha value is -2.29. The molecule has 9 heteroatoms. The highest BCUT2D eigenvalue weighted by Gasteiger charge is 2.48. The van der Waals surface area contributed by atoms with E-state index < -0.39 is 35.4 Å². The van der Waals surface area contributed by atoms with Crippen LogP contribution in [0.25, 0.3) is 0 Å². The number of hydrogen-bond acceptors (Lipinski definition) is 7. The zero-order valence-corrected chi connectivity index (χ0v) is 19.2. The molecule has 2 amide bonds. The van der Waals surface area contributed by atoms with Gasteiger partial charge in [-0.3, -0.25) is 4.90 Å². The third-order valence-electron chi connectivity index (χ3n) is 4.36. The first kappa shape index (κ1) is 25.7. The molecule has 0 aromatic rings. The van der Waals surface area contributed by atoms with Crippen molar-refractivity contribution in [2.24, 2.45) is 5.92 Å². The second-order valence-electron chi connectivity index (χ2n) is 9.28. The Morgan fingerprint density at radius 3 is 2.17 bits per heavy atom. The minimum absolute atomic E-state index is 0.194. The van der Waals surface area contributed by atoms with Gasteiger partial charge in [0.1, 0.15) is 17.2 Å². The predicted molar refractivity (Wildman–Crippen MR) is 113 cm³/mol. The number of likely N-dealkylation sites (tertiary alicyclic amines) is 1. The number of allylic oxidation sites excluding steroid dienone is 1. The van der Waals surface area contributed by atoms with Crippen molar-refractivity contribution in [2.45, 2.75) is 71.2 Å². The van der Waals surface area contributed by atoms with Gasteiger partial charge in [-0.15, -0.1) is 6.58 Å². The van der Waals surface area contributed by atoms with E-state index in [-0.39, 0.29) is 18.5 Å². The van der Waals surface area contributed by atoms with Crippen LogP contribution in [-0.2, 0) is 19.0 Å². The molecule has 1 aliphatic rings. The van der Waals surface area contributed by atoms with Crippen LogP contribution in [0.2, 0.25) is 0 Å². The molecule has 0 aliphatic carbocycles. The Morgan fingerprint density at radius 1 is 1.07 bits per heavy atom. The first-order chi connectivity index (χ1) is 13.8. The first-order valence-corrected chi connectivity index (χ1v) is 10.2. The normalized spacial score (nSPS) is 21.7. The third-order valence-corrected chi connectivity index (χ3v) is 4.36. The molecule has 0 spiro atoms. The third kappa shape index (κ3) is 8.22. The van der Waals surface area contributed by atoms with Crippen molar-refractivity contribution in [2.75, 3.05) is 26.7 Å².